The number of hydrogen-bond donors (Lipinski definition) is 2. The quantitative estimate of drug-likeness (QED) is 0.533. The van der Waals surface area contributed by atoms with Crippen LogP contribution in [0.2, 0.25) is 5.15 Å². The monoisotopic (exact) mass is 418 g/mol. The maximum absolute atomic E-state index is 12.0. The minimum absolute atomic E-state index is 0.209. The molecule has 2 aromatic rings. The van der Waals surface area contributed by atoms with Crippen LogP contribution in [0.3, 0.4) is 0 Å². The fourth-order valence-electron chi connectivity index (χ4n) is 2.76. The molecule has 2 amide bonds. The van der Waals surface area contributed by atoms with Crippen molar-refractivity contribution in [2.24, 2.45) is 5.92 Å². The lowest BCUT2D eigenvalue weighted by Gasteiger charge is -2.09. The second kappa shape index (κ2) is 10.1. The standard InChI is InChI=1S/C21H27ClN4O3/c1-13(2)11-26-21(22)18(16(5)25-26)6-7-19(27)23-24-20(28)12-29-17-9-14(3)8-15(4)10-17/h6-10,13H,11-12H2,1-5H3,(H,23,27)(H,24,28)/b7-6+. The maximum Gasteiger partial charge on any atom is 0.276 e. The van der Waals surface area contributed by atoms with Crippen molar-refractivity contribution in [3.63, 3.8) is 0 Å². The molecule has 156 valence electrons. The summed E-state index contributed by atoms with van der Waals surface area (Å²) in [6.45, 7) is 10.4. The first-order chi connectivity index (χ1) is 13.7. The summed E-state index contributed by atoms with van der Waals surface area (Å²) < 4.78 is 7.16. The van der Waals surface area contributed by atoms with Crippen LogP contribution in [0.5, 0.6) is 5.75 Å². The molecule has 0 radical (unpaired) electrons. The molecule has 0 fully saturated rings. The number of amides is 2. The molecular weight excluding hydrogens is 392 g/mol. The number of nitrogens with zero attached hydrogens (tertiary/aromatic N) is 2. The normalized spacial score (nSPS) is 11.1. The average molecular weight is 419 g/mol. The molecule has 8 heteroatoms. The number of nitrogens with one attached hydrogen (secondary N) is 2. The first-order valence-electron chi connectivity index (χ1n) is 9.36. The summed E-state index contributed by atoms with van der Waals surface area (Å²) in [6.07, 6.45) is 2.87. The number of aromatic nitrogens is 2. The van der Waals surface area contributed by atoms with Gasteiger partial charge >= 0.3 is 0 Å². The van der Waals surface area contributed by atoms with E-state index >= 15 is 0 Å². The van der Waals surface area contributed by atoms with Crippen LogP contribution in [-0.2, 0) is 16.1 Å². The maximum atomic E-state index is 12.0. The average Bonchev–Trinajstić information content (AvgIpc) is 2.88. The van der Waals surface area contributed by atoms with Crippen molar-refractivity contribution >= 4 is 29.5 Å². The molecule has 0 atom stereocenters. The summed E-state index contributed by atoms with van der Waals surface area (Å²) in [6, 6.07) is 5.69. The lowest BCUT2D eigenvalue weighted by molar-refractivity contribution is -0.128. The van der Waals surface area contributed by atoms with E-state index in [1.54, 1.807) is 10.8 Å². The fraction of sp³-hybridized carbons (Fsp3) is 0.381. The van der Waals surface area contributed by atoms with E-state index in [4.69, 9.17) is 16.3 Å². The Morgan fingerprint density at radius 3 is 2.45 bits per heavy atom. The van der Waals surface area contributed by atoms with E-state index in [-0.39, 0.29) is 6.61 Å². The van der Waals surface area contributed by atoms with Gasteiger partial charge in [-0.3, -0.25) is 25.1 Å². The van der Waals surface area contributed by atoms with Gasteiger partial charge in [0.15, 0.2) is 6.61 Å². The topological polar surface area (TPSA) is 85.2 Å². The Balaban J connectivity index is 1.85. The summed E-state index contributed by atoms with van der Waals surface area (Å²) >= 11 is 6.34. The lowest BCUT2D eigenvalue weighted by atomic mass is 10.1. The van der Waals surface area contributed by atoms with Crippen molar-refractivity contribution in [1.82, 2.24) is 20.6 Å². The van der Waals surface area contributed by atoms with Crippen molar-refractivity contribution in [1.29, 1.82) is 0 Å². The molecule has 0 saturated heterocycles. The molecule has 0 spiro atoms. The Labute approximate surface area is 176 Å². The zero-order valence-electron chi connectivity index (χ0n) is 17.4. The number of carbonyl (C=O) groups is 2. The van der Waals surface area contributed by atoms with Crippen molar-refractivity contribution in [2.75, 3.05) is 6.61 Å². The van der Waals surface area contributed by atoms with Gasteiger partial charge in [-0.1, -0.05) is 31.5 Å². The van der Waals surface area contributed by atoms with E-state index < -0.39 is 11.8 Å². The minimum Gasteiger partial charge on any atom is -0.484 e. The van der Waals surface area contributed by atoms with Crippen molar-refractivity contribution < 1.29 is 14.3 Å². The van der Waals surface area contributed by atoms with Crippen LogP contribution in [0.4, 0.5) is 0 Å². The van der Waals surface area contributed by atoms with E-state index in [2.05, 4.69) is 29.8 Å². The smallest absolute Gasteiger partial charge is 0.276 e. The highest BCUT2D eigenvalue weighted by Crippen LogP contribution is 2.22. The second-order valence-corrected chi connectivity index (χ2v) is 7.71. The molecule has 2 rings (SSSR count). The van der Waals surface area contributed by atoms with Gasteiger partial charge in [0.25, 0.3) is 11.8 Å². The number of hydrogen-bond acceptors (Lipinski definition) is 4. The Kier molecular flexibility index (Phi) is 7.84. The number of carbonyl (C=O) groups excluding carboxylic acids is 2. The molecule has 0 unspecified atom stereocenters. The minimum atomic E-state index is -0.489. The van der Waals surface area contributed by atoms with Gasteiger partial charge < -0.3 is 4.74 Å². The van der Waals surface area contributed by atoms with Crippen LogP contribution in [0.15, 0.2) is 24.3 Å². The predicted octanol–water partition coefficient (Wildman–Crippen LogP) is 3.36. The third-order valence-electron chi connectivity index (χ3n) is 3.94. The Morgan fingerprint density at radius 2 is 1.83 bits per heavy atom. The van der Waals surface area contributed by atoms with Crippen LogP contribution in [0.25, 0.3) is 6.08 Å². The number of hydrazine groups is 1. The van der Waals surface area contributed by atoms with Crippen LogP contribution in [0.1, 0.15) is 36.2 Å². The molecule has 1 heterocycles. The number of aryl methyl sites for hydroxylation is 3. The molecule has 7 nitrogen and oxygen atoms in total. The molecule has 0 aliphatic heterocycles. The summed E-state index contributed by atoms with van der Waals surface area (Å²) in [7, 11) is 0. The van der Waals surface area contributed by atoms with Gasteiger partial charge in [-0.2, -0.15) is 5.10 Å². The van der Waals surface area contributed by atoms with Gasteiger partial charge in [0.1, 0.15) is 10.9 Å². The summed E-state index contributed by atoms with van der Waals surface area (Å²) in [4.78, 5) is 23.8. The van der Waals surface area contributed by atoms with Crippen LogP contribution < -0.4 is 15.6 Å². The molecule has 0 saturated carbocycles. The van der Waals surface area contributed by atoms with Crippen LogP contribution >= 0.6 is 11.6 Å². The highest BCUT2D eigenvalue weighted by Gasteiger charge is 2.12. The first kappa shape index (κ1) is 22.5. The van der Waals surface area contributed by atoms with E-state index in [0.29, 0.717) is 28.9 Å². The summed E-state index contributed by atoms with van der Waals surface area (Å²) in [5, 5.41) is 4.86. The molecule has 29 heavy (non-hydrogen) atoms. The lowest BCUT2D eigenvalue weighted by Crippen LogP contribution is -2.43. The largest absolute Gasteiger partial charge is 0.484 e. The molecule has 0 aliphatic carbocycles. The highest BCUT2D eigenvalue weighted by molar-refractivity contribution is 6.31. The van der Waals surface area contributed by atoms with Gasteiger partial charge in [0.05, 0.1) is 5.69 Å². The highest BCUT2D eigenvalue weighted by atomic mass is 35.5. The summed E-state index contributed by atoms with van der Waals surface area (Å²) in [5.41, 5.74) is 8.12. The van der Waals surface area contributed by atoms with Gasteiger partial charge in [0, 0.05) is 18.2 Å². The fourth-order valence-corrected chi connectivity index (χ4v) is 3.06. The van der Waals surface area contributed by atoms with E-state index in [1.165, 1.54) is 6.08 Å². The molecule has 2 N–H and O–H groups in total. The number of benzene rings is 1. The zero-order valence-corrected chi connectivity index (χ0v) is 18.1. The molecule has 0 aliphatic rings. The van der Waals surface area contributed by atoms with Gasteiger partial charge in [0.2, 0.25) is 0 Å². The first-order valence-corrected chi connectivity index (χ1v) is 9.74. The van der Waals surface area contributed by atoms with Crippen molar-refractivity contribution in [3.8, 4) is 5.75 Å². The third kappa shape index (κ3) is 6.94. The predicted molar refractivity (Wildman–Crippen MR) is 114 cm³/mol. The van der Waals surface area contributed by atoms with Gasteiger partial charge in [-0.15, -0.1) is 0 Å². The van der Waals surface area contributed by atoms with Crippen molar-refractivity contribution in [2.45, 2.75) is 41.2 Å². The van der Waals surface area contributed by atoms with Gasteiger partial charge in [-0.05, 0) is 56.0 Å². The SMILES string of the molecule is Cc1cc(C)cc(OCC(=O)NNC(=O)/C=C/c2c(C)nn(CC(C)C)c2Cl)c1. The molecule has 1 aromatic carbocycles. The van der Waals surface area contributed by atoms with Crippen LogP contribution in [0, 0.1) is 26.7 Å². The van der Waals surface area contributed by atoms with E-state index in [9.17, 15) is 9.59 Å². The Bertz CT molecular complexity index is 899. The number of rotatable bonds is 7. The second-order valence-electron chi connectivity index (χ2n) is 7.35. The van der Waals surface area contributed by atoms with E-state index in [0.717, 1.165) is 16.8 Å². The molecular formula is C21H27ClN4O3. The number of halogens is 1. The van der Waals surface area contributed by atoms with Gasteiger partial charge in [-0.25, -0.2) is 0 Å². The third-order valence-corrected chi connectivity index (χ3v) is 4.34. The Hall–Kier alpha value is -2.80. The zero-order chi connectivity index (χ0) is 21.6. The van der Waals surface area contributed by atoms with E-state index in [1.807, 2.05) is 39.0 Å². The summed E-state index contributed by atoms with van der Waals surface area (Å²) in [5.74, 6) is 0.0437. The Morgan fingerprint density at radius 1 is 1.17 bits per heavy atom. The van der Waals surface area contributed by atoms with Crippen LogP contribution in [-0.4, -0.2) is 28.2 Å². The number of ether oxygens (including phenoxy) is 1. The molecule has 1 aromatic heterocycles. The molecule has 0 bridgehead atoms. The van der Waals surface area contributed by atoms with Crippen molar-refractivity contribution in [3.05, 3.63) is 51.8 Å².